The van der Waals surface area contributed by atoms with E-state index in [0.29, 0.717) is 11.3 Å². The molecule has 0 aliphatic rings. The first-order valence-electron chi connectivity index (χ1n) is 4.37. The minimum atomic E-state index is -0.306. The van der Waals surface area contributed by atoms with Crippen LogP contribution in [0.1, 0.15) is 28.8 Å². The topological polar surface area (TPSA) is 68.3 Å². The van der Waals surface area contributed by atoms with E-state index in [4.69, 9.17) is 10.3 Å². The summed E-state index contributed by atoms with van der Waals surface area (Å²) in [5.74, 6) is 7.97. The summed E-state index contributed by atoms with van der Waals surface area (Å²) < 4.78 is 5.40. The standard InChI is InChI=1S/C9H14N2O2S/c1-3-14-5-7-4-8(6(2)13-7)9(12)11-10/h4H,3,5,10H2,1-2H3,(H,11,12). The van der Waals surface area contributed by atoms with E-state index in [-0.39, 0.29) is 5.91 Å². The smallest absolute Gasteiger partial charge is 0.268 e. The lowest BCUT2D eigenvalue weighted by Crippen LogP contribution is -2.30. The van der Waals surface area contributed by atoms with E-state index in [0.717, 1.165) is 17.3 Å². The Morgan fingerprint density at radius 1 is 1.71 bits per heavy atom. The van der Waals surface area contributed by atoms with Crippen LogP contribution in [-0.2, 0) is 5.75 Å². The Balaban J connectivity index is 2.77. The van der Waals surface area contributed by atoms with Gasteiger partial charge in [-0.3, -0.25) is 10.2 Å². The third-order valence-corrected chi connectivity index (χ3v) is 2.69. The summed E-state index contributed by atoms with van der Waals surface area (Å²) in [6, 6.07) is 1.74. The number of aryl methyl sites for hydroxylation is 1. The maximum absolute atomic E-state index is 11.2. The fraction of sp³-hybridized carbons (Fsp3) is 0.444. The van der Waals surface area contributed by atoms with E-state index in [1.165, 1.54) is 0 Å². The fourth-order valence-electron chi connectivity index (χ4n) is 1.12. The first-order valence-corrected chi connectivity index (χ1v) is 5.52. The lowest BCUT2D eigenvalue weighted by atomic mass is 10.2. The van der Waals surface area contributed by atoms with Gasteiger partial charge in [0.05, 0.1) is 11.3 Å². The normalized spacial score (nSPS) is 10.2. The maximum Gasteiger partial charge on any atom is 0.268 e. The predicted octanol–water partition coefficient (Wildman–Crippen LogP) is 1.44. The van der Waals surface area contributed by atoms with Crippen LogP contribution in [0.3, 0.4) is 0 Å². The highest BCUT2D eigenvalue weighted by Gasteiger charge is 2.13. The summed E-state index contributed by atoms with van der Waals surface area (Å²) in [7, 11) is 0. The van der Waals surface area contributed by atoms with Gasteiger partial charge in [0.25, 0.3) is 5.91 Å². The van der Waals surface area contributed by atoms with Crippen LogP contribution in [0.5, 0.6) is 0 Å². The predicted molar refractivity (Wildman–Crippen MR) is 56.9 cm³/mol. The van der Waals surface area contributed by atoms with Gasteiger partial charge in [0.2, 0.25) is 0 Å². The van der Waals surface area contributed by atoms with Crippen molar-refractivity contribution in [3.8, 4) is 0 Å². The molecule has 1 aromatic heterocycles. The number of nitrogens with two attached hydrogens (primary N) is 1. The Kier molecular flexibility index (Phi) is 4.03. The Morgan fingerprint density at radius 2 is 2.43 bits per heavy atom. The molecule has 1 amide bonds. The molecule has 4 nitrogen and oxygen atoms in total. The molecule has 78 valence electrons. The molecule has 0 radical (unpaired) electrons. The van der Waals surface area contributed by atoms with Crippen molar-refractivity contribution in [2.75, 3.05) is 5.75 Å². The van der Waals surface area contributed by atoms with Crippen LogP contribution in [0.15, 0.2) is 10.5 Å². The average Bonchev–Trinajstić information content (AvgIpc) is 2.55. The zero-order chi connectivity index (χ0) is 10.6. The van der Waals surface area contributed by atoms with Crippen molar-refractivity contribution >= 4 is 17.7 Å². The molecule has 3 N–H and O–H groups in total. The third-order valence-electron chi connectivity index (χ3n) is 1.79. The zero-order valence-corrected chi connectivity index (χ0v) is 9.11. The summed E-state index contributed by atoms with van der Waals surface area (Å²) in [4.78, 5) is 11.2. The Hall–Kier alpha value is -0.940. The van der Waals surface area contributed by atoms with Crippen molar-refractivity contribution in [2.24, 2.45) is 5.84 Å². The summed E-state index contributed by atoms with van der Waals surface area (Å²) in [5.41, 5.74) is 2.60. The first-order chi connectivity index (χ1) is 6.69. The summed E-state index contributed by atoms with van der Waals surface area (Å²) in [6.07, 6.45) is 0. The minimum absolute atomic E-state index is 0.306. The molecule has 1 rings (SSSR count). The molecule has 0 spiro atoms. The van der Waals surface area contributed by atoms with E-state index in [9.17, 15) is 4.79 Å². The highest BCUT2D eigenvalue weighted by atomic mass is 32.2. The number of hydrazine groups is 1. The zero-order valence-electron chi connectivity index (χ0n) is 8.29. The number of rotatable bonds is 4. The van der Waals surface area contributed by atoms with Crippen LogP contribution in [0.4, 0.5) is 0 Å². The van der Waals surface area contributed by atoms with E-state index in [2.05, 4.69) is 12.3 Å². The summed E-state index contributed by atoms with van der Waals surface area (Å²) in [6.45, 7) is 3.83. The van der Waals surface area contributed by atoms with Gasteiger partial charge in [-0.05, 0) is 18.7 Å². The number of hydrogen-bond acceptors (Lipinski definition) is 4. The van der Waals surface area contributed by atoms with Crippen molar-refractivity contribution in [3.05, 3.63) is 23.2 Å². The average molecular weight is 214 g/mol. The summed E-state index contributed by atoms with van der Waals surface area (Å²) in [5, 5.41) is 0. The van der Waals surface area contributed by atoms with Crippen molar-refractivity contribution in [1.29, 1.82) is 0 Å². The van der Waals surface area contributed by atoms with Gasteiger partial charge < -0.3 is 4.42 Å². The van der Waals surface area contributed by atoms with Gasteiger partial charge in [-0.15, -0.1) is 0 Å². The lowest BCUT2D eigenvalue weighted by Gasteiger charge is -1.93. The molecule has 0 fully saturated rings. The van der Waals surface area contributed by atoms with Crippen LogP contribution in [0.2, 0.25) is 0 Å². The van der Waals surface area contributed by atoms with Gasteiger partial charge in [-0.2, -0.15) is 11.8 Å². The lowest BCUT2D eigenvalue weighted by molar-refractivity contribution is 0.0952. The van der Waals surface area contributed by atoms with Gasteiger partial charge in [0.15, 0.2) is 0 Å². The molecule has 0 unspecified atom stereocenters. The number of carbonyl (C=O) groups is 1. The van der Waals surface area contributed by atoms with Crippen molar-refractivity contribution < 1.29 is 9.21 Å². The molecule has 0 bridgehead atoms. The number of nitrogens with one attached hydrogen (secondary N) is 1. The number of nitrogen functional groups attached to an aromatic ring is 1. The van der Waals surface area contributed by atoms with Gasteiger partial charge in [0, 0.05) is 0 Å². The third kappa shape index (κ3) is 2.52. The molecule has 5 heteroatoms. The Labute approximate surface area is 87.2 Å². The van der Waals surface area contributed by atoms with Crippen LogP contribution in [0.25, 0.3) is 0 Å². The van der Waals surface area contributed by atoms with Gasteiger partial charge in [-0.25, -0.2) is 5.84 Å². The van der Waals surface area contributed by atoms with E-state index in [1.807, 2.05) is 0 Å². The second kappa shape index (κ2) is 5.07. The Morgan fingerprint density at radius 3 is 3.00 bits per heavy atom. The molecule has 0 aliphatic heterocycles. The number of amides is 1. The van der Waals surface area contributed by atoms with Crippen LogP contribution in [-0.4, -0.2) is 11.7 Å². The molecule has 14 heavy (non-hydrogen) atoms. The van der Waals surface area contributed by atoms with Gasteiger partial charge in [-0.1, -0.05) is 6.92 Å². The van der Waals surface area contributed by atoms with E-state index < -0.39 is 0 Å². The number of carbonyl (C=O) groups excluding carboxylic acids is 1. The fourth-order valence-corrected chi connectivity index (χ4v) is 1.67. The molecular formula is C9H14N2O2S. The van der Waals surface area contributed by atoms with E-state index >= 15 is 0 Å². The van der Waals surface area contributed by atoms with Gasteiger partial charge >= 0.3 is 0 Å². The SMILES string of the molecule is CCSCc1cc(C(=O)NN)c(C)o1. The molecule has 0 saturated heterocycles. The highest BCUT2D eigenvalue weighted by molar-refractivity contribution is 7.98. The Bertz CT molecular complexity index is 323. The van der Waals surface area contributed by atoms with Crippen molar-refractivity contribution in [3.63, 3.8) is 0 Å². The second-order valence-corrected chi connectivity index (χ2v) is 4.07. The summed E-state index contributed by atoms with van der Waals surface area (Å²) >= 11 is 1.75. The van der Waals surface area contributed by atoms with Crippen molar-refractivity contribution in [1.82, 2.24) is 5.43 Å². The minimum Gasteiger partial charge on any atom is -0.465 e. The molecular weight excluding hydrogens is 200 g/mol. The second-order valence-electron chi connectivity index (χ2n) is 2.79. The maximum atomic E-state index is 11.2. The van der Waals surface area contributed by atoms with Gasteiger partial charge in [0.1, 0.15) is 11.5 Å². The van der Waals surface area contributed by atoms with E-state index in [1.54, 1.807) is 24.8 Å². The highest BCUT2D eigenvalue weighted by Crippen LogP contribution is 2.19. The molecule has 0 saturated carbocycles. The largest absolute Gasteiger partial charge is 0.465 e. The number of thioether (sulfide) groups is 1. The molecule has 0 aromatic carbocycles. The monoisotopic (exact) mass is 214 g/mol. The van der Waals surface area contributed by atoms with Crippen molar-refractivity contribution in [2.45, 2.75) is 19.6 Å². The molecule has 1 aromatic rings. The number of hydrogen-bond donors (Lipinski definition) is 2. The molecule has 1 heterocycles. The molecule has 0 atom stereocenters. The van der Waals surface area contributed by atoms with Crippen LogP contribution < -0.4 is 11.3 Å². The molecule has 0 aliphatic carbocycles. The quantitative estimate of drug-likeness (QED) is 0.452. The first kappa shape index (κ1) is 11.1. The van der Waals surface area contributed by atoms with Crippen LogP contribution >= 0.6 is 11.8 Å². The number of furan rings is 1. The van der Waals surface area contributed by atoms with Crippen LogP contribution in [0, 0.1) is 6.92 Å².